The maximum Gasteiger partial charge on any atom is 0.275 e. The first-order valence-electron chi connectivity index (χ1n) is 6.10. The Bertz CT molecular complexity index is 697. The van der Waals surface area contributed by atoms with Crippen molar-refractivity contribution in [2.45, 2.75) is 6.92 Å². The van der Waals surface area contributed by atoms with E-state index in [4.69, 9.17) is 11.6 Å². The molecule has 0 heterocycles. The number of phenols is 2. The summed E-state index contributed by atoms with van der Waals surface area (Å²) in [6.45, 7) is 1.74. The van der Waals surface area contributed by atoms with Gasteiger partial charge in [-0.05, 0) is 36.8 Å². The van der Waals surface area contributed by atoms with Gasteiger partial charge in [-0.15, -0.1) is 0 Å². The Kier molecular flexibility index (Phi) is 4.45. The molecule has 0 aliphatic carbocycles. The van der Waals surface area contributed by atoms with Crippen LogP contribution in [-0.2, 0) is 0 Å². The molecule has 0 saturated heterocycles. The highest BCUT2D eigenvalue weighted by atomic mass is 35.5. The first kappa shape index (κ1) is 14.9. The second-order valence-corrected chi connectivity index (χ2v) is 4.78. The van der Waals surface area contributed by atoms with Crippen molar-refractivity contribution in [1.29, 1.82) is 0 Å². The number of hydrogen-bond donors (Lipinski definition) is 3. The zero-order valence-electron chi connectivity index (χ0n) is 11.2. The average Bonchev–Trinajstić information content (AvgIpc) is 2.45. The van der Waals surface area contributed by atoms with Crippen molar-refractivity contribution in [2.24, 2.45) is 5.10 Å². The van der Waals surface area contributed by atoms with E-state index in [2.05, 4.69) is 10.5 Å². The summed E-state index contributed by atoms with van der Waals surface area (Å²) in [5.41, 5.74) is 3.78. The minimum absolute atomic E-state index is 0.0282. The Morgan fingerprint density at radius 1 is 1.14 bits per heavy atom. The van der Waals surface area contributed by atoms with E-state index in [-0.39, 0.29) is 17.1 Å². The summed E-state index contributed by atoms with van der Waals surface area (Å²) in [4.78, 5) is 11.9. The second kappa shape index (κ2) is 6.28. The standard InChI is InChI=1S/C15H13ClN2O3/c1-9(10-2-4-11(16)5-3-10)17-18-15(21)13-7-6-12(19)8-14(13)20/h2-8,19-20H,1H3,(H,18,21)/b17-9-. The van der Waals surface area contributed by atoms with Gasteiger partial charge < -0.3 is 10.2 Å². The number of hydrazone groups is 1. The van der Waals surface area contributed by atoms with Crippen LogP contribution < -0.4 is 5.43 Å². The number of phenolic OH excluding ortho intramolecular Hbond substituents is 2. The summed E-state index contributed by atoms with van der Waals surface area (Å²) in [6.07, 6.45) is 0. The summed E-state index contributed by atoms with van der Waals surface area (Å²) >= 11 is 5.80. The summed E-state index contributed by atoms with van der Waals surface area (Å²) in [5, 5.41) is 23.3. The summed E-state index contributed by atoms with van der Waals surface area (Å²) in [7, 11) is 0. The van der Waals surface area contributed by atoms with Crippen molar-refractivity contribution in [3.8, 4) is 11.5 Å². The summed E-state index contributed by atoms with van der Waals surface area (Å²) in [5.74, 6) is -1.00. The number of amides is 1. The molecule has 0 saturated carbocycles. The smallest absolute Gasteiger partial charge is 0.275 e. The Labute approximate surface area is 126 Å². The van der Waals surface area contributed by atoms with Gasteiger partial charge >= 0.3 is 0 Å². The van der Waals surface area contributed by atoms with E-state index in [1.54, 1.807) is 31.2 Å². The van der Waals surface area contributed by atoms with E-state index in [1.165, 1.54) is 12.1 Å². The van der Waals surface area contributed by atoms with E-state index < -0.39 is 5.91 Å². The number of carbonyl (C=O) groups is 1. The molecular formula is C15H13ClN2O3. The first-order chi connectivity index (χ1) is 9.97. The third-order valence-corrected chi connectivity index (χ3v) is 3.07. The lowest BCUT2D eigenvalue weighted by Crippen LogP contribution is -2.19. The van der Waals surface area contributed by atoms with Crippen LogP contribution in [0.5, 0.6) is 11.5 Å². The predicted octanol–water partition coefficient (Wildman–Crippen LogP) is 2.91. The number of nitrogens with one attached hydrogen (secondary N) is 1. The SMILES string of the molecule is C/C(=N/NC(=O)c1ccc(O)cc1O)c1ccc(Cl)cc1. The molecular weight excluding hydrogens is 292 g/mol. The van der Waals surface area contributed by atoms with Gasteiger partial charge in [-0.25, -0.2) is 5.43 Å². The Hall–Kier alpha value is -2.53. The van der Waals surface area contributed by atoms with E-state index in [0.717, 1.165) is 11.6 Å². The zero-order valence-corrected chi connectivity index (χ0v) is 11.9. The van der Waals surface area contributed by atoms with E-state index in [1.807, 2.05) is 0 Å². The van der Waals surface area contributed by atoms with Crippen LogP contribution in [0.15, 0.2) is 47.6 Å². The van der Waals surface area contributed by atoms with Gasteiger partial charge in [0.15, 0.2) is 0 Å². The van der Waals surface area contributed by atoms with Crippen LogP contribution >= 0.6 is 11.6 Å². The average molecular weight is 305 g/mol. The summed E-state index contributed by atoms with van der Waals surface area (Å²) in [6, 6.07) is 10.7. The van der Waals surface area contributed by atoms with E-state index >= 15 is 0 Å². The fraction of sp³-hybridized carbons (Fsp3) is 0.0667. The molecule has 5 nitrogen and oxygen atoms in total. The highest BCUT2D eigenvalue weighted by Gasteiger charge is 2.11. The van der Waals surface area contributed by atoms with Crippen LogP contribution in [0, 0.1) is 0 Å². The van der Waals surface area contributed by atoms with Crippen LogP contribution in [0.2, 0.25) is 5.02 Å². The quantitative estimate of drug-likeness (QED) is 0.602. The number of benzene rings is 2. The molecule has 0 aromatic heterocycles. The first-order valence-corrected chi connectivity index (χ1v) is 6.47. The van der Waals surface area contributed by atoms with Gasteiger partial charge in [0.05, 0.1) is 11.3 Å². The zero-order chi connectivity index (χ0) is 15.4. The molecule has 0 bridgehead atoms. The van der Waals surface area contributed by atoms with Crippen molar-refractivity contribution < 1.29 is 15.0 Å². The van der Waals surface area contributed by atoms with Gasteiger partial charge in [0.25, 0.3) is 5.91 Å². The third-order valence-electron chi connectivity index (χ3n) is 2.81. The fourth-order valence-corrected chi connectivity index (χ4v) is 1.79. The van der Waals surface area contributed by atoms with Gasteiger partial charge in [-0.1, -0.05) is 23.7 Å². The lowest BCUT2D eigenvalue weighted by Gasteiger charge is -2.05. The van der Waals surface area contributed by atoms with Gasteiger partial charge in [0.1, 0.15) is 11.5 Å². The molecule has 2 aromatic rings. The molecule has 0 atom stereocenters. The highest BCUT2D eigenvalue weighted by Crippen LogP contribution is 2.22. The van der Waals surface area contributed by atoms with Crippen LogP contribution in [0.1, 0.15) is 22.8 Å². The Morgan fingerprint density at radius 2 is 1.81 bits per heavy atom. The third kappa shape index (κ3) is 3.73. The number of carbonyl (C=O) groups excluding carboxylic acids is 1. The van der Waals surface area contributed by atoms with Crippen LogP contribution in [0.4, 0.5) is 0 Å². The molecule has 21 heavy (non-hydrogen) atoms. The largest absolute Gasteiger partial charge is 0.508 e. The minimum atomic E-state index is -0.569. The Morgan fingerprint density at radius 3 is 2.43 bits per heavy atom. The highest BCUT2D eigenvalue weighted by molar-refractivity contribution is 6.30. The molecule has 6 heteroatoms. The topological polar surface area (TPSA) is 81.9 Å². The molecule has 3 N–H and O–H groups in total. The van der Waals surface area contributed by atoms with Gasteiger partial charge in [-0.2, -0.15) is 5.10 Å². The number of halogens is 1. The molecule has 1 amide bonds. The van der Waals surface area contributed by atoms with Crippen LogP contribution in [0.25, 0.3) is 0 Å². The van der Waals surface area contributed by atoms with Gasteiger partial charge in [-0.3, -0.25) is 4.79 Å². The normalized spacial score (nSPS) is 11.2. The second-order valence-electron chi connectivity index (χ2n) is 4.35. The number of nitrogens with zero attached hydrogens (tertiary/aromatic N) is 1. The number of aromatic hydroxyl groups is 2. The molecule has 0 aliphatic heterocycles. The van der Waals surface area contributed by atoms with Crippen molar-refractivity contribution in [1.82, 2.24) is 5.43 Å². The lowest BCUT2D eigenvalue weighted by atomic mass is 10.1. The van der Waals surface area contributed by atoms with Crippen molar-refractivity contribution in [2.75, 3.05) is 0 Å². The maximum atomic E-state index is 11.9. The fourth-order valence-electron chi connectivity index (χ4n) is 1.66. The molecule has 0 fully saturated rings. The molecule has 2 rings (SSSR count). The molecule has 0 spiro atoms. The lowest BCUT2D eigenvalue weighted by molar-refractivity contribution is 0.0952. The van der Waals surface area contributed by atoms with Crippen molar-refractivity contribution in [3.05, 3.63) is 58.6 Å². The predicted molar refractivity (Wildman–Crippen MR) is 80.9 cm³/mol. The van der Waals surface area contributed by atoms with E-state index in [0.29, 0.717) is 10.7 Å². The van der Waals surface area contributed by atoms with Gasteiger partial charge in [0, 0.05) is 11.1 Å². The summed E-state index contributed by atoms with van der Waals surface area (Å²) < 4.78 is 0. The van der Waals surface area contributed by atoms with Crippen molar-refractivity contribution in [3.63, 3.8) is 0 Å². The van der Waals surface area contributed by atoms with Crippen LogP contribution in [0.3, 0.4) is 0 Å². The molecule has 108 valence electrons. The molecule has 0 radical (unpaired) electrons. The maximum absolute atomic E-state index is 11.9. The molecule has 2 aromatic carbocycles. The number of hydrogen-bond acceptors (Lipinski definition) is 4. The van der Waals surface area contributed by atoms with E-state index in [9.17, 15) is 15.0 Å². The Balaban J connectivity index is 2.12. The monoisotopic (exact) mass is 304 g/mol. The molecule has 0 unspecified atom stereocenters. The minimum Gasteiger partial charge on any atom is -0.508 e. The molecule has 0 aliphatic rings. The number of rotatable bonds is 3. The van der Waals surface area contributed by atoms with Crippen molar-refractivity contribution >= 4 is 23.2 Å². The van der Waals surface area contributed by atoms with Gasteiger partial charge in [0.2, 0.25) is 0 Å². The van der Waals surface area contributed by atoms with Crippen LogP contribution in [-0.4, -0.2) is 21.8 Å².